The number of likely N-dealkylation sites (tertiary alicyclic amines) is 1. The van der Waals surface area contributed by atoms with Crippen molar-refractivity contribution in [1.82, 2.24) is 10.2 Å². The first kappa shape index (κ1) is 24.0. The summed E-state index contributed by atoms with van der Waals surface area (Å²) >= 11 is 1.75. The molecule has 1 aliphatic carbocycles. The topological polar surface area (TPSA) is 78.9 Å². The first-order valence-electron chi connectivity index (χ1n) is 10.7. The fraction of sp³-hybridized carbons (Fsp3) is 0.714. The average Bonchev–Trinajstić information content (AvgIpc) is 3.30. The predicted molar refractivity (Wildman–Crippen MR) is 110 cm³/mol. The number of hydrogen-bond donors (Lipinski definition) is 2. The molecule has 1 aromatic rings. The molecule has 3 atom stereocenters. The Hall–Kier alpha value is -1.65. The van der Waals surface area contributed by atoms with Crippen LogP contribution in [0.25, 0.3) is 0 Å². The van der Waals surface area contributed by atoms with Gasteiger partial charge in [-0.2, -0.15) is 13.2 Å². The van der Waals surface area contributed by atoms with E-state index >= 15 is 0 Å². The Bertz CT molecular complexity index is 725. The van der Waals surface area contributed by atoms with Gasteiger partial charge in [0.2, 0.25) is 5.91 Å². The number of fused-ring (bicyclic) bond motifs is 1. The van der Waals surface area contributed by atoms with Crippen LogP contribution in [-0.2, 0) is 20.7 Å². The lowest BCUT2D eigenvalue weighted by Crippen LogP contribution is -2.49. The van der Waals surface area contributed by atoms with Crippen LogP contribution >= 0.6 is 11.3 Å². The van der Waals surface area contributed by atoms with Crippen LogP contribution < -0.4 is 5.32 Å². The van der Waals surface area contributed by atoms with E-state index in [1.54, 1.807) is 11.3 Å². The minimum absolute atomic E-state index is 0.139. The summed E-state index contributed by atoms with van der Waals surface area (Å²) in [6.45, 7) is 3.97. The molecule has 1 amide bonds. The van der Waals surface area contributed by atoms with Gasteiger partial charge in [-0.3, -0.25) is 4.79 Å². The summed E-state index contributed by atoms with van der Waals surface area (Å²) in [6, 6.07) is 5.02. The number of hydrogen-bond acceptors (Lipinski definition) is 5. The SMILES string of the molecule is O=C(C[C@H]1OC[C@H]2CN(C3CCC3)CC[C@H]21)NCCc1cccs1.O=C(O)C(F)(F)F. The quantitative estimate of drug-likeness (QED) is 0.678. The zero-order chi connectivity index (χ0) is 22.4. The Balaban J connectivity index is 0.000000339. The number of carbonyl (C=O) groups is 2. The molecule has 6 nitrogen and oxygen atoms in total. The fourth-order valence-corrected chi connectivity index (χ4v) is 5.15. The smallest absolute Gasteiger partial charge is 0.475 e. The summed E-state index contributed by atoms with van der Waals surface area (Å²) in [5, 5.41) is 12.3. The summed E-state index contributed by atoms with van der Waals surface area (Å²) in [5.41, 5.74) is 0. The molecule has 174 valence electrons. The van der Waals surface area contributed by atoms with E-state index in [2.05, 4.69) is 27.7 Å². The number of carbonyl (C=O) groups excluding carboxylic acids is 1. The van der Waals surface area contributed by atoms with E-state index in [0.717, 1.165) is 25.6 Å². The van der Waals surface area contributed by atoms with Gasteiger partial charge >= 0.3 is 12.1 Å². The molecule has 1 saturated carbocycles. The van der Waals surface area contributed by atoms with Gasteiger partial charge in [0, 0.05) is 29.9 Å². The summed E-state index contributed by atoms with van der Waals surface area (Å²) < 4.78 is 37.8. The van der Waals surface area contributed by atoms with Crippen molar-refractivity contribution < 1.29 is 32.6 Å². The number of nitrogens with zero attached hydrogens (tertiary/aromatic N) is 1. The number of aliphatic carboxylic acids is 1. The monoisotopic (exact) mass is 462 g/mol. The highest BCUT2D eigenvalue weighted by Crippen LogP contribution is 2.38. The number of ether oxygens (including phenoxy) is 1. The van der Waals surface area contributed by atoms with Crippen molar-refractivity contribution in [3.05, 3.63) is 22.4 Å². The number of carboxylic acid groups (broad SMARTS) is 1. The van der Waals surface area contributed by atoms with E-state index in [-0.39, 0.29) is 12.0 Å². The van der Waals surface area contributed by atoms with Crippen molar-refractivity contribution in [2.24, 2.45) is 11.8 Å². The molecule has 2 saturated heterocycles. The Kier molecular flexibility index (Phi) is 8.35. The van der Waals surface area contributed by atoms with Crippen LogP contribution in [0.5, 0.6) is 0 Å². The molecule has 4 rings (SSSR count). The maximum absolute atomic E-state index is 12.2. The third-order valence-corrected chi connectivity index (χ3v) is 7.26. The molecule has 3 aliphatic rings. The molecule has 1 aromatic heterocycles. The number of nitrogens with one attached hydrogen (secondary N) is 1. The Morgan fingerprint density at radius 1 is 1.29 bits per heavy atom. The molecule has 3 fully saturated rings. The zero-order valence-electron chi connectivity index (χ0n) is 17.3. The van der Waals surface area contributed by atoms with Crippen molar-refractivity contribution >= 4 is 23.2 Å². The zero-order valence-corrected chi connectivity index (χ0v) is 18.1. The second-order valence-electron chi connectivity index (χ2n) is 8.35. The van der Waals surface area contributed by atoms with Gasteiger partial charge in [-0.25, -0.2) is 4.79 Å². The maximum atomic E-state index is 12.2. The Labute approximate surface area is 183 Å². The van der Waals surface area contributed by atoms with E-state index in [1.165, 1.54) is 43.6 Å². The first-order chi connectivity index (χ1) is 14.7. The van der Waals surface area contributed by atoms with Crippen LogP contribution in [0, 0.1) is 11.8 Å². The molecule has 31 heavy (non-hydrogen) atoms. The Morgan fingerprint density at radius 3 is 2.61 bits per heavy atom. The summed E-state index contributed by atoms with van der Waals surface area (Å²) in [4.78, 5) is 25.1. The molecule has 0 bridgehead atoms. The standard InChI is InChI=1S/C19H28N2O2S.C2HF3O2/c22-19(20-8-6-16-5-2-10-24-16)11-18-17-7-9-21(15-3-1-4-15)12-14(17)13-23-18;3-2(4,5)1(6)7/h2,5,10,14-15,17-18H,1,3-4,6-9,11-13H2,(H,20,22);(H,6,7)/t14-,17-,18-;/m1./s1. The first-order valence-corrected chi connectivity index (χ1v) is 11.6. The molecule has 2 aliphatic heterocycles. The van der Waals surface area contributed by atoms with Crippen molar-refractivity contribution in [3.8, 4) is 0 Å². The number of alkyl halides is 3. The maximum Gasteiger partial charge on any atom is 0.490 e. The molecule has 0 aromatic carbocycles. The van der Waals surface area contributed by atoms with E-state index < -0.39 is 12.1 Å². The lowest BCUT2D eigenvalue weighted by molar-refractivity contribution is -0.192. The highest BCUT2D eigenvalue weighted by atomic mass is 32.1. The van der Waals surface area contributed by atoms with E-state index in [1.807, 2.05) is 0 Å². The summed E-state index contributed by atoms with van der Waals surface area (Å²) in [5.74, 6) is -1.38. The van der Waals surface area contributed by atoms with Gasteiger partial charge in [-0.15, -0.1) is 11.3 Å². The van der Waals surface area contributed by atoms with Crippen molar-refractivity contribution in [2.75, 3.05) is 26.2 Å². The highest BCUT2D eigenvalue weighted by molar-refractivity contribution is 7.09. The van der Waals surface area contributed by atoms with E-state index in [9.17, 15) is 18.0 Å². The third-order valence-electron chi connectivity index (χ3n) is 6.32. The number of thiophene rings is 1. The molecule has 10 heteroatoms. The number of rotatable bonds is 6. The molecule has 0 spiro atoms. The van der Waals surface area contributed by atoms with E-state index in [0.29, 0.717) is 18.3 Å². The fourth-order valence-electron chi connectivity index (χ4n) is 4.44. The van der Waals surface area contributed by atoms with Gasteiger partial charge in [0.25, 0.3) is 0 Å². The van der Waals surface area contributed by atoms with Crippen LogP contribution in [0.3, 0.4) is 0 Å². The van der Waals surface area contributed by atoms with Crippen LogP contribution in [0.4, 0.5) is 13.2 Å². The van der Waals surface area contributed by atoms with Gasteiger partial charge < -0.3 is 20.1 Å². The van der Waals surface area contributed by atoms with Crippen molar-refractivity contribution in [1.29, 1.82) is 0 Å². The van der Waals surface area contributed by atoms with Gasteiger partial charge in [0.15, 0.2) is 0 Å². The normalized spacial score (nSPS) is 26.4. The number of amides is 1. The van der Waals surface area contributed by atoms with Crippen molar-refractivity contribution in [2.45, 2.75) is 56.8 Å². The molecule has 0 radical (unpaired) electrons. The van der Waals surface area contributed by atoms with Gasteiger partial charge in [0.05, 0.1) is 19.1 Å². The Morgan fingerprint density at radius 2 is 2.03 bits per heavy atom. The average molecular weight is 463 g/mol. The minimum atomic E-state index is -5.08. The second-order valence-corrected chi connectivity index (χ2v) is 9.38. The lowest BCUT2D eigenvalue weighted by atomic mass is 9.80. The summed E-state index contributed by atoms with van der Waals surface area (Å²) in [7, 11) is 0. The molecular weight excluding hydrogens is 433 g/mol. The van der Waals surface area contributed by atoms with Gasteiger partial charge in [-0.05, 0) is 49.6 Å². The van der Waals surface area contributed by atoms with Crippen LogP contribution in [0.15, 0.2) is 17.5 Å². The molecule has 2 N–H and O–H groups in total. The van der Waals surface area contributed by atoms with Crippen LogP contribution in [0.2, 0.25) is 0 Å². The van der Waals surface area contributed by atoms with E-state index in [4.69, 9.17) is 14.6 Å². The lowest BCUT2D eigenvalue weighted by Gasteiger charge is -2.43. The summed E-state index contributed by atoms with van der Waals surface area (Å²) in [6.07, 6.45) is 1.89. The van der Waals surface area contributed by atoms with Gasteiger partial charge in [-0.1, -0.05) is 12.5 Å². The van der Waals surface area contributed by atoms with Crippen molar-refractivity contribution in [3.63, 3.8) is 0 Å². The second kappa shape index (κ2) is 10.8. The molecular formula is C21H29F3N2O4S. The van der Waals surface area contributed by atoms with Crippen LogP contribution in [0.1, 0.15) is 37.0 Å². The highest BCUT2D eigenvalue weighted by Gasteiger charge is 2.43. The third kappa shape index (κ3) is 6.92. The van der Waals surface area contributed by atoms with Gasteiger partial charge in [0.1, 0.15) is 0 Å². The number of carboxylic acids is 1. The molecule has 3 heterocycles. The molecule has 0 unspecified atom stereocenters. The number of piperidine rings is 1. The minimum Gasteiger partial charge on any atom is -0.475 e. The predicted octanol–water partition coefficient (Wildman–Crippen LogP) is 3.32. The van der Waals surface area contributed by atoms with Crippen LogP contribution in [-0.4, -0.2) is 66.4 Å². The largest absolute Gasteiger partial charge is 0.490 e. The number of halogens is 3.